The summed E-state index contributed by atoms with van der Waals surface area (Å²) in [5, 5.41) is 3.85. The number of aromatic nitrogens is 1. The molecule has 1 aliphatic carbocycles. The molecule has 1 heterocycles. The van der Waals surface area contributed by atoms with Crippen LogP contribution in [0.5, 0.6) is 0 Å². The topological polar surface area (TPSA) is 46.3 Å². The van der Waals surface area contributed by atoms with Crippen LogP contribution in [0, 0.1) is 19.8 Å². The Balaban J connectivity index is 1.73. The summed E-state index contributed by atoms with van der Waals surface area (Å²) in [5.74, 6) is -0.291. The van der Waals surface area contributed by atoms with Crippen molar-refractivity contribution in [2.24, 2.45) is 5.92 Å². The molecule has 1 fully saturated rings. The number of rotatable bonds is 4. The normalized spacial score (nSPS) is 19.8. The van der Waals surface area contributed by atoms with Crippen molar-refractivity contribution in [2.75, 3.05) is 7.05 Å². The molecule has 2 atom stereocenters. The molecule has 0 saturated heterocycles. The summed E-state index contributed by atoms with van der Waals surface area (Å²) in [6, 6.07) is 5.49. The zero-order valence-corrected chi connectivity index (χ0v) is 14.2. The van der Waals surface area contributed by atoms with Gasteiger partial charge in [0.25, 0.3) is 0 Å². The van der Waals surface area contributed by atoms with Crippen molar-refractivity contribution < 1.29 is 22.5 Å². The molecule has 0 aliphatic heterocycles. The van der Waals surface area contributed by atoms with E-state index in [2.05, 4.69) is 5.16 Å². The van der Waals surface area contributed by atoms with E-state index in [1.807, 2.05) is 0 Å². The highest BCUT2D eigenvalue weighted by Crippen LogP contribution is 2.51. The Bertz CT molecular complexity index is 778. The number of hydrogen-bond donors (Lipinski definition) is 0. The number of carbonyl (C=O) groups is 1. The van der Waals surface area contributed by atoms with Gasteiger partial charge in [-0.3, -0.25) is 4.79 Å². The molecule has 1 amide bonds. The molecule has 1 aromatic heterocycles. The van der Waals surface area contributed by atoms with Crippen LogP contribution < -0.4 is 0 Å². The molecule has 4 nitrogen and oxygen atoms in total. The first-order valence-corrected chi connectivity index (χ1v) is 8.03. The molecule has 0 N–H and O–H groups in total. The number of nitrogens with zero attached hydrogens (tertiary/aromatic N) is 2. The van der Waals surface area contributed by atoms with Gasteiger partial charge in [-0.2, -0.15) is 13.2 Å². The van der Waals surface area contributed by atoms with Gasteiger partial charge in [0.2, 0.25) is 5.91 Å². The molecule has 1 saturated carbocycles. The van der Waals surface area contributed by atoms with E-state index in [9.17, 15) is 18.0 Å². The molecular formula is C18H19F3N2O2. The SMILES string of the molecule is Cc1noc(C)c1CN(C)C(=O)C1CC1c1ccccc1C(F)(F)F. The highest BCUT2D eigenvalue weighted by molar-refractivity contribution is 5.83. The van der Waals surface area contributed by atoms with Crippen molar-refractivity contribution in [3.05, 3.63) is 52.4 Å². The Morgan fingerprint density at radius 3 is 2.60 bits per heavy atom. The lowest BCUT2D eigenvalue weighted by molar-refractivity contribution is -0.138. The van der Waals surface area contributed by atoms with Crippen LogP contribution in [0.1, 0.15) is 40.5 Å². The quantitative estimate of drug-likeness (QED) is 0.833. The summed E-state index contributed by atoms with van der Waals surface area (Å²) in [6.07, 6.45) is -3.97. The predicted octanol–water partition coefficient (Wildman–Crippen LogP) is 4.07. The molecule has 1 aromatic carbocycles. The molecular weight excluding hydrogens is 333 g/mol. The number of hydrogen-bond acceptors (Lipinski definition) is 3. The van der Waals surface area contributed by atoms with Crippen molar-refractivity contribution >= 4 is 5.91 Å². The van der Waals surface area contributed by atoms with Gasteiger partial charge < -0.3 is 9.42 Å². The average Bonchev–Trinajstić information content (AvgIpc) is 3.30. The maximum atomic E-state index is 13.2. The van der Waals surface area contributed by atoms with Gasteiger partial charge in [0, 0.05) is 18.5 Å². The van der Waals surface area contributed by atoms with E-state index in [0.717, 1.165) is 11.6 Å². The minimum absolute atomic E-state index is 0.151. The second kappa shape index (κ2) is 6.20. The fourth-order valence-corrected chi connectivity index (χ4v) is 3.22. The molecule has 0 spiro atoms. The van der Waals surface area contributed by atoms with Crippen molar-refractivity contribution in [3.63, 3.8) is 0 Å². The highest BCUT2D eigenvalue weighted by atomic mass is 19.4. The molecule has 7 heteroatoms. The maximum Gasteiger partial charge on any atom is 0.416 e. The van der Waals surface area contributed by atoms with Gasteiger partial charge in [0.1, 0.15) is 5.76 Å². The van der Waals surface area contributed by atoms with Crippen molar-refractivity contribution in [1.82, 2.24) is 10.1 Å². The average molecular weight is 352 g/mol. The molecule has 25 heavy (non-hydrogen) atoms. The lowest BCUT2D eigenvalue weighted by atomic mass is 10.0. The molecule has 2 unspecified atom stereocenters. The van der Waals surface area contributed by atoms with Crippen LogP contribution in [0.3, 0.4) is 0 Å². The number of amides is 1. The number of carbonyl (C=O) groups excluding carboxylic acids is 1. The monoisotopic (exact) mass is 352 g/mol. The van der Waals surface area contributed by atoms with Gasteiger partial charge in [0.15, 0.2) is 0 Å². The van der Waals surface area contributed by atoms with E-state index >= 15 is 0 Å². The van der Waals surface area contributed by atoms with Gasteiger partial charge >= 0.3 is 6.18 Å². The number of benzene rings is 1. The van der Waals surface area contributed by atoms with Crippen LogP contribution in [0.25, 0.3) is 0 Å². The van der Waals surface area contributed by atoms with E-state index in [1.54, 1.807) is 27.0 Å². The highest BCUT2D eigenvalue weighted by Gasteiger charge is 2.48. The van der Waals surface area contributed by atoms with E-state index in [0.29, 0.717) is 24.4 Å². The Labute approximate surface area is 143 Å². The standard InChI is InChI=1S/C18H19F3N2O2/c1-10-15(11(2)25-22-10)9-23(3)17(24)14-8-13(14)12-6-4-5-7-16(12)18(19,20)21/h4-7,13-14H,8-9H2,1-3H3. The third kappa shape index (κ3) is 3.41. The van der Waals surface area contributed by atoms with Crippen LogP contribution in [0.2, 0.25) is 0 Å². The van der Waals surface area contributed by atoms with Crippen LogP contribution in [-0.2, 0) is 17.5 Å². The third-order valence-electron chi connectivity index (χ3n) is 4.73. The van der Waals surface area contributed by atoms with Gasteiger partial charge in [-0.15, -0.1) is 0 Å². The summed E-state index contributed by atoms with van der Waals surface area (Å²) in [4.78, 5) is 14.1. The first-order chi connectivity index (χ1) is 11.7. The number of alkyl halides is 3. The summed E-state index contributed by atoms with van der Waals surface area (Å²) in [7, 11) is 1.65. The zero-order chi connectivity index (χ0) is 18.4. The summed E-state index contributed by atoms with van der Waals surface area (Å²) in [6.45, 7) is 3.90. The van der Waals surface area contributed by atoms with Crippen molar-refractivity contribution in [2.45, 2.75) is 38.9 Å². The summed E-state index contributed by atoms with van der Waals surface area (Å²) in [5.41, 5.74) is 1.11. The number of halogens is 3. The molecule has 2 aromatic rings. The summed E-state index contributed by atoms with van der Waals surface area (Å²) >= 11 is 0. The van der Waals surface area contributed by atoms with E-state index in [1.165, 1.54) is 17.0 Å². The van der Waals surface area contributed by atoms with Crippen LogP contribution >= 0.6 is 0 Å². The molecule has 0 radical (unpaired) electrons. The number of aryl methyl sites for hydroxylation is 2. The predicted molar refractivity (Wildman–Crippen MR) is 84.7 cm³/mol. The van der Waals surface area contributed by atoms with Crippen LogP contribution in [-0.4, -0.2) is 23.0 Å². The van der Waals surface area contributed by atoms with Gasteiger partial charge in [0.05, 0.1) is 17.8 Å². The second-order valence-corrected chi connectivity index (χ2v) is 6.53. The van der Waals surface area contributed by atoms with Crippen molar-refractivity contribution in [3.8, 4) is 0 Å². The fraction of sp³-hybridized carbons (Fsp3) is 0.444. The van der Waals surface area contributed by atoms with Crippen LogP contribution in [0.15, 0.2) is 28.8 Å². The Hall–Kier alpha value is -2.31. The summed E-state index contributed by atoms with van der Waals surface area (Å²) < 4.78 is 44.5. The molecule has 3 rings (SSSR count). The lowest BCUT2D eigenvalue weighted by Crippen LogP contribution is -2.28. The minimum Gasteiger partial charge on any atom is -0.361 e. The zero-order valence-electron chi connectivity index (χ0n) is 14.2. The largest absolute Gasteiger partial charge is 0.416 e. The van der Waals surface area contributed by atoms with E-state index in [-0.39, 0.29) is 17.4 Å². The lowest BCUT2D eigenvalue weighted by Gasteiger charge is -2.18. The second-order valence-electron chi connectivity index (χ2n) is 6.53. The van der Waals surface area contributed by atoms with E-state index < -0.39 is 17.7 Å². The Morgan fingerprint density at radius 2 is 2.00 bits per heavy atom. The first-order valence-electron chi connectivity index (χ1n) is 8.03. The molecule has 134 valence electrons. The smallest absolute Gasteiger partial charge is 0.361 e. The van der Waals surface area contributed by atoms with Crippen molar-refractivity contribution in [1.29, 1.82) is 0 Å². The first kappa shape index (κ1) is 17.5. The molecule has 0 bridgehead atoms. The van der Waals surface area contributed by atoms with E-state index in [4.69, 9.17) is 4.52 Å². The Morgan fingerprint density at radius 1 is 1.32 bits per heavy atom. The van der Waals surface area contributed by atoms with Gasteiger partial charge in [-0.05, 0) is 37.8 Å². The third-order valence-corrected chi connectivity index (χ3v) is 4.73. The fourth-order valence-electron chi connectivity index (χ4n) is 3.22. The van der Waals surface area contributed by atoms with Gasteiger partial charge in [-0.25, -0.2) is 0 Å². The molecule has 1 aliphatic rings. The van der Waals surface area contributed by atoms with Gasteiger partial charge in [-0.1, -0.05) is 23.4 Å². The maximum absolute atomic E-state index is 13.2. The Kier molecular flexibility index (Phi) is 4.34. The minimum atomic E-state index is -4.41. The van der Waals surface area contributed by atoms with Crippen LogP contribution in [0.4, 0.5) is 13.2 Å².